The smallest absolute Gasteiger partial charge is 0.214 e. The first kappa shape index (κ1) is 14.0. The highest BCUT2D eigenvalue weighted by Crippen LogP contribution is 2.18. The van der Waals surface area contributed by atoms with Gasteiger partial charge in [-0.05, 0) is 45.6 Å². The van der Waals surface area contributed by atoms with Crippen molar-refractivity contribution in [3.05, 3.63) is 11.6 Å². The number of hydrogen-bond acceptors (Lipinski definition) is 3. The van der Waals surface area contributed by atoms with Crippen molar-refractivity contribution in [1.29, 1.82) is 0 Å². The second-order valence-electron chi connectivity index (χ2n) is 5.42. The number of nitrogens with zero attached hydrogens (tertiary/aromatic N) is 1. The van der Waals surface area contributed by atoms with E-state index in [2.05, 4.69) is 11.4 Å². The molecule has 1 aliphatic carbocycles. The van der Waals surface area contributed by atoms with E-state index in [9.17, 15) is 8.42 Å². The minimum atomic E-state index is -3.04. The molecule has 0 atom stereocenters. The quantitative estimate of drug-likeness (QED) is 0.564. The summed E-state index contributed by atoms with van der Waals surface area (Å²) >= 11 is 0. The summed E-state index contributed by atoms with van der Waals surface area (Å²) in [5.74, 6) is 0.298. The molecule has 1 N–H and O–H groups in total. The van der Waals surface area contributed by atoms with Crippen LogP contribution >= 0.6 is 0 Å². The Balaban J connectivity index is 1.67. The Morgan fingerprint density at radius 3 is 2.83 bits per heavy atom. The molecule has 0 aromatic rings. The summed E-state index contributed by atoms with van der Waals surface area (Å²) in [6, 6.07) is 0.719. The van der Waals surface area contributed by atoms with E-state index in [0.29, 0.717) is 18.8 Å². The molecule has 0 aromatic heterocycles. The maximum atomic E-state index is 12.1. The van der Waals surface area contributed by atoms with Gasteiger partial charge in [-0.1, -0.05) is 11.6 Å². The number of hydrogen-bond donors (Lipinski definition) is 1. The van der Waals surface area contributed by atoms with Crippen LogP contribution in [-0.4, -0.2) is 44.2 Å². The van der Waals surface area contributed by atoms with Gasteiger partial charge in [-0.15, -0.1) is 0 Å². The summed E-state index contributed by atoms with van der Waals surface area (Å²) < 4.78 is 25.9. The number of sulfonamides is 1. The van der Waals surface area contributed by atoms with Crippen molar-refractivity contribution in [2.75, 3.05) is 25.4 Å². The summed E-state index contributed by atoms with van der Waals surface area (Å²) in [5, 5.41) is 3.41. The van der Waals surface area contributed by atoms with Crippen LogP contribution in [0.25, 0.3) is 0 Å². The molecule has 0 bridgehead atoms. The number of nitrogens with one attached hydrogen (secondary N) is 1. The Morgan fingerprint density at radius 1 is 1.39 bits per heavy atom. The van der Waals surface area contributed by atoms with Crippen molar-refractivity contribution in [3.63, 3.8) is 0 Å². The van der Waals surface area contributed by atoms with Crippen LogP contribution in [0.1, 0.15) is 39.0 Å². The molecule has 5 heteroatoms. The van der Waals surface area contributed by atoms with Gasteiger partial charge in [0.25, 0.3) is 0 Å². The van der Waals surface area contributed by atoms with Gasteiger partial charge in [0.1, 0.15) is 0 Å². The summed E-state index contributed by atoms with van der Waals surface area (Å²) in [6.45, 7) is 4.20. The van der Waals surface area contributed by atoms with Gasteiger partial charge in [0, 0.05) is 19.1 Å². The van der Waals surface area contributed by atoms with Crippen LogP contribution in [0.15, 0.2) is 11.6 Å². The lowest BCUT2D eigenvalue weighted by Gasteiger charge is -2.25. The monoisotopic (exact) mass is 272 g/mol. The average molecular weight is 272 g/mol. The highest BCUT2D eigenvalue weighted by Gasteiger charge is 2.23. The van der Waals surface area contributed by atoms with Crippen molar-refractivity contribution in [1.82, 2.24) is 9.62 Å². The summed E-state index contributed by atoms with van der Waals surface area (Å²) in [5.41, 5.74) is 1.17. The first-order valence-corrected chi connectivity index (χ1v) is 8.56. The van der Waals surface area contributed by atoms with Crippen molar-refractivity contribution in [2.24, 2.45) is 0 Å². The standard InChI is InChI=1S/C13H24N2O2S/c1-12-5-4-9-15(11-12)18(16,17)10-3-2-8-14-13-6-7-13/h5,13-14H,2-4,6-11H2,1H3. The molecular weight excluding hydrogens is 248 g/mol. The third-order valence-electron chi connectivity index (χ3n) is 3.53. The van der Waals surface area contributed by atoms with E-state index in [1.54, 1.807) is 4.31 Å². The highest BCUT2D eigenvalue weighted by molar-refractivity contribution is 7.89. The van der Waals surface area contributed by atoms with Crippen molar-refractivity contribution < 1.29 is 8.42 Å². The number of rotatable bonds is 7. The molecule has 4 nitrogen and oxygen atoms in total. The van der Waals surface area contributed by atoms with Crippen LogP contribution in [0.2, 0.25) is 0 Å². The highest BCUT2D eigenvalue weighted by atomic mass is 32.2. The van der Waals surface area contributed by atoms with E-state index >= 15 is 0 Å². The van der Waals surface area contributed by atoms with Crippen LogP contribution in [0.3, 0.4) is 0 Å². The van der Waals surface area contributed by atoms with E-state index in [1.165, 1.54) is 18.4 Å². The van der Waals surface area contributed by atoms with Crippen LogP contribution in [0.5, 0.6) is 0 Å². The molecule has 0 spiro atoms. The van der Waals surface area contributed by atoms with Crippen LogP contribution < -0.4 is 5.32 Å². The van der Waals surface area contributed by atoms with E-state index in [4.69, 9.17) is 0 Å². The average Bonchev–Trinajstić information content (AvgIpc) is 3.12. The molecule has 104 valence electrons. The minimum absolute atomic E-state index is 0.298. The van der Waals surface area contributed by atoms with Gasteiger partial charge in [0.05, 0.1) is 5.75 Å². The first-order valence-electron chi connectivity index (χ1n) is 6.95. The molecular formula is C13H24N2O2S. The van der Waals surface area contributed by atoms with Gasteiger partial charge in [-0.3, -0.25) is 0 Å². The summed E-state index contributed by atoms with van der Waals surface area (Å²) in [6.07, 6.45) is 7.29. The molecule has 0 saturated heterocycles. The van der Waals surface area contributed by atoms with Crippen molar-refractivity contribution in [3.8, 4) is 0 Å². The van der Waals surface area contributed by atoms with Gasteiger partial charge < -0.3 is 5.32 Å². The van der Waals surface area contributed by atoms with Crippen LogP contribution in [0.4, 0.5) is 0 Å². The lowest BCUT2D eigenvalue weighted by Crippen LogP contribution is -2.37. The van der Waals surface area contributed by atoms with Crippen LogP contribution in [-0.2, 0) is 10.0 Å². The minimum Gasteiger partial charge on any atom is -0.314 e. The molecule has 1 aliphatic heterocycles. The normalized spacial score (nSPS) is 21.9. The van der Waals surface area contributed by atoms with Gasteiger partial charge in [-0.2, -0.15) is 4.31 Å². The Kier molecular flexibility index (Phi) is 4.81. The van der Waals surface area contributed by atoms with Gasteiger partial charge in [-0.25, -0.2) is 8.42 Å². The fourth-order valence-electron chi connectivity index (χ4n) is 2.25. The molecule has 0 unspecified atom stereocenters. The molecule has 1 saturated carbocycles. The molecule has 1 fully saturated rings. The fourth-order valence-corrected chi connectivity index (χ4v) is 3.86. The third kappa shape index (κ3) is 4.37. The third-order valence-corrected chi connectivity index (χ3v) is 5.43. The van der Waals surface area contributed by atoms with Crippen molar-refractivity contribution in [2.45, 2.75) is 45.1 Å². The predicted octanol–water partition coefficient (Wildman–Crippen LogP) is 1.50. The molecule has 2 aliphatic rings. The zero-order valence-electron chi connectivity index (χ0n) is 11.2. The van der Waals surface area contributed by atoms with Crippen LogP contribution in [0, 0.1) is 0 Å². The predicted molar refractivity (Wildman–Crippen MR) is 74.0 cm³/mol. The zero-order valence-corrected chi connectivity index (χ0v) is 12.0. The Morgan fingerprint density at radius 2 is 2.17 bits per heavy atom. The molecule has 0 radical (unpaired) electrons. The molecule has 0 amide bonds. The second-order valence-corrected chi connectivity index (χ2v) is 7.51. The Labute approximate surface area is 110 Å². The molecule has 0 aromatic carbocycles. The summed E-state index contributed by atoms with van der Waals surface area (Å²) in [4.78, 5) is 0. The summed E-state index contributed by atoms with van der Waals surface area (Å²) in [7, 11) is -3.04. The maximum absolute atomic E-state index is 12.1. The lowest BCUT2D eigenvalue weighted by molar-refractivity contribution is 0.426. The van der Waals surface area contributed by atoms with Gasteiger partial charge in [0.15, 0.2) is 0 Å². The van der Waals surface area contributed by atoms with E-state index < -0.39 is 10.0 Å². The Bertz CT molecular complexity index is 399. The van der Waals surface area contributed by atoms with Crippen molar-refractivity contribution >= 4 is 10.0 Å². The van der Waals surface area contributed by atoms with E-state index in [1.807, 2.05) is 6.92 Å². The van der Waals surface area contributed by atoms with E-state index in [0.717, 1.165) is 31.8 Å². The first-order chi connectivity index (χ1) is 8.58. The maximum Gasteiger partial charge on any atom is 0.214 e. The van der Waals surface area contributed by atoms with Gasteiger partial charge in [0.2, 0.25) is 10.0 Å². The largest absolute Gasteiger partial charge is 0.314 e. The molecule has 18 heavy (non-hydrogen) atoms. The number of unbranched alkanes of at least 4 members (excludes halogenated alkanes) is 1. The molecule has 1 heterocycles. The second kappa shape index (κ2) is 6.17. The topological polar surface area (TPSA) is 49.4 Å². The van der Waals surface area contributed by atoms with E-state index in [-0.39, 0.29) is 0 Å². The SMILES string of the molecule is CC1=CCCN(S(=O)(=O)CCCCNC2CC2)C1. The zero-order chi connectivity index (χ0) is 13.0. The Hall–Kier alpha value is -0.390. The lowest BCUT2D eigenvalue weighted by atomic mass is 10.2. The fraction of sp³-hybridized carbons (Fsp3) is 0.846. The molecule has 2 rings (SSSR count). The van der Waals surface area contributed by atoms with Gasteiger partial charge >= 0.3 is 0 Å².